The summed E-state index contributed by atoms with van der Waals surface area (Å²) in [5.74, 6) is -0.827. The summed E-state index contributed by atoms with van der Waals surface area (Å²) in [6.07, 6.45) is 108. The molecular formula is C84H144NO8P. The maximum atomic E-state index is 12.9. The summed E-state index contributed by atoms with van der Waals surface area (Å²) in [4.78, 5) is 38.2. The highest BCUT2D eigenvalue weighted by molar-refractivity contribution is 7.45. The predicted molar refractivity (Wildman–Crippen MR) is 406 cm³/mol. The number of esters is 2. The maximum Gasteiger partial charge on any atom is 0.306 e. The summed E-state index contributed by atoms with van der Waals surface area (Å²) in [6, 6.07) is 0. The molecule has 0 saturated heterocycles. The Labute approximate surface area is 580 Å². The molecule has 0 bridgehead atoms. The van der Waals surface area contributed by atoms with Crippen LogP contribution in [0.1, 0.15) is 322 Å². The van der Waals surface area contributed by atoms with Crippen LogP contribution in [0.25, 0.3) is 0 Å². The monoisotopic (exact) mass is 1330 g/mol. The number of allylic oxidation sites excluding steroid dienone is 24. The van der Waals surface area contributed by atoms with Gasteiger partial charge < -0.3 is 27.9 Å². The third-order valence-electron chi connectivity index (χ3n) is 16.4. The molecule has 0 aromatic rings. The van der Waals surface area contributed by atoms with Crippen LogP contribution in [0.5, 0.6) is 0 Å². The minimum Gasteiger partial charge on any atom is -0.756 e. The quantitative estimate of drug-likeness (QED) is 0.0195. The molecule has 0 amide bonds. The van der Waals surface area contributed by atoms with E-state index in [0.717, 1.165) is 116 Å². The van der Waals surface area contributed by atoms with E-state index >= 15 is 0 Å². The lowest BCUT2D eigenvalue weighted by Gasteiger charge is -2.28. The Morgan fingerprint density at radius 3 is 0.851 bits per heavy atom. The number of nitrogens with zero attached hydrogens (tertiary/aromatic N) is 1. The first-order valence-corrected chi connectivity index (χ1v) is 40.0. The zero-order valence-corrected chi connectivity index (χ0v) is 62.3. The molecule has 0 saturated carbocycles. The van der Waals surface area contributed by atoms with Gasteiger partial charge in [-0.05, 0) is 116 Å². The summed E-state index contributed by atoms with van der Waals surface area (Å²) in [5, 5.41) is 0. The molecule has 0 spiro atoms. The number of phosphoric ester groups is 1. The van der Waals surface area contributed by atoms with Gasteiger partial charge in [-0.15, -0.1) is 0 Å². The molecule has 0 rings (SSSR count). The Kier molecular flexibility index (Phi) is 69.9. The Hall–Kier alpha value is -4.11. The van der Waals surface area contributed by atoms with Crippen molar-refractivity contribution in [2.45, 2.75) is 328 Å². The number of quaternary nitrogens is 1. The number of ether oxygens (including phenoxy) is 2. The van der Waals surface area contributed by atoms with Gasteiger partial charge in [0.05, 0.1) is 27.7 Å². The van der Waals surface area contributed by atoms with Gasteiger partial charge in [0.1, 0.15) is 19.8 Å². The second-order valence-corrected chi connectivity index (χ2v) is 28.0. The second-order valence-electron chi connectivity index (χ2n) is 26.6. The molecule has 9 nitrogen and oxygen atoms in total. The van der Waals surface area contributed by atoms with Crippen molar-refractivity contribution in [3.05, 3.63) is 146 Å². The Morgan fingerprint density at radius 2 is 0.574 bits per heavy atom. The smallest absolute Gasteiger partial charge is 0.306 e. The summed E-state index contributed by atoms with van der Waals surface area (Å²) in [6.45, 7) is 4.04. The molecule has 0 heterocycles. The van der Waals surface area contributed by atoms with Crippen LogP contribution in [0, 0.1) is 0 Å². The molecule has 0 aromatic carbocycles. The van der Waals surface area contributed by atoms with Crippen molar-refractivity contribution in [2.75, 3.05) is 47.5 Å². The van der Waals surface area contributed by atoms with Crippen LogP contribution in [0.2, 0.25) is 0 Å². The third kappa shape index (κ3) is 76.9. The average molecular weight is 1330 g/mol. The first kappa shape index (κ1) is 89.9. The Morgan fingerprint density at radius 1 is 0.330 bits per heavy atom. The lowest BCUT2D eigenvalue weighted by atomic mass is 10.0. The minimum atomic E-state index is -4.65. The van der Waals surface area contributed by atoms with Gasteiger partial charge in [-0.25, -0.2) is 0 Å². The molecule has 10 heteroatoms. The van der Waals surface area contributed by atoms with E-state index in [0.29, 0.717) is 17.4 Å². The van der Waals surface area contributed by atoms with E-state index < -0.39 is 26.5 Å². The average Bonchev–Trinajstić information content (AvgIpc) is 1.57. The first-order chi connectivity index (χ1) is 46.0. The fourth-order valence-corrected chi connectivity index (χ4v) is 11.3. The van der Waals surface area contributed by atoms with Crippen molar-refractivity contribution in [1.29, 1.82) is 0 Å². The second kappa shape index (κ2) is 73.1. The van der Waals surface area contributed by atoms with E-state index in [4.69, 9.17) is 18.5 Å². The van der Waals surface area contributed by atoms with Gasteiger partial charge >= 0.3 is 11.9 Å². The zero-order valence-electron chi connectivity index (χ0n) is 61.4. The van der Waals surface area contributed by atoms with Crippen LogP contribution in [0.3, 0.4) is 0 Å². The molecule has 2 atom stereocenters. The molecule has 0 aliphatic carbocycles. The van der Waals surface area contributed by atoms with Crippen LogP contribution in [-0.2, 0) is 32.7 Å². The van der Waals surface area contributed by atoms with Gasteiger partial charge in [-0.1, -0.05) is 339 Å². The summed E-state index contributed by atoms with van der Waals surface area (Å²) < 4.78 is 34.4. The number of unbranched alkanes of at least 4 members (excludes halogenated alkanes) is 32. The number of carbonyl (C=O) groups excluding carboxylic acids is 2. The van der Waals surface area contributed by atoms with Crippen molar-refractivity contribution in [3.63, 3.8) is 0 Å². The summed E-state index contributed by atoms with van der Waals surface area (Å²) >= 11 is 0. The molecule has 538 valence electrons. The molecule has 0 aliphatic heterocycles. The third-order valence-corrected chi connectivity index (χ3v) is 17.3. The van der Waals surface area contributed by atoms with Gasteiger partial charge in [-0.3, -0.25) is 14.2 Å². The van der Waals surface area contributed by atoms with Crippen molar-refractivity contribution >= 4 is 19.8 Å². The van der Waals surface area contributed by atoms with Crippen molar-refractivity contribution in [1.82, 2.24) is 0 Å². The number of hydrogen-bond acceptors (Lipinski definition) is 8. The lowest BCUT2D eigenvalue weighted by molar-refractivity contribution is -0.870. The van der Waals surface area contributed by atoms with E-state index in [1.165, 1.54) is 173 Å². The number of likely N-dealkylation sites (N-methyl/N-ethyl adjacent to an activating group) is 1. The van der Waals surface area contributed by atoms with Gasteiger partial charge in [-0.2, -0.15) is 0 Å². The lowest BCUT2D eigenvalue weighted by Crippen LogP contribution is -2.37. The van der Waals surface area contributed by atoms with Crippen LogP contribution in [0.4, 0.5) is 0 Å². The first-order valence-electron chi connectivity index (χ1n) is 38.5. The maximum absolute atomic E-state index is 12.9. The normalized spacial score (nSPS) is 13.9. The van der Waals surface area contributed by atoms with E-state index in [1.807, 2.05) is 21.1 Å². The molecule has 0 aliphatic rings. The van der Waals surface area contributed by atoms with Gasteiger partial charge in [0, 0.05) is 12.8 Å². The minimum absolute atomic E-state index is 0.0345. The topological polar surface area (TPSA) is 111 Å². The highest BCUT2D eigenvalue weighted by Gasteiger charge is 2.22. The molecule has 2 unspecified atom stereocenters. The number of phosphoric acid groups is 1. The van der Waals surface area contributed by atoms with Crippen LogP contribution >= 0.6 is 7.82 Å². The summed E-state index contributed by atoms with van der Waals surface area (Å²) in [5.41, 5.74) is 0. The molecule has 94 heavy (non-hydrogen) atoms. The molecule has 0 N–H and O–H groups in total. The van der Waals surface area contributed by atoms with Crippen LogP contribution < -0.4 is 4.89 Å². The predicted octanol–water partition coefficient (Wildman–Crippen LogP) is 25.1. The number of carbonyl (C=O) groups is 2. The Bertz CT molecular complexity index is 2100. The number of rotatable bonds is 70. The molecule has 0 radical (unpaired) electrons. The standard InChI is InChI=1S/C84H144NO8P/c1-6-8-10-12-14-16-18-20-22-24-26-28-30-32-34-36-37-38-39-40-41-42-43-44-45-46-47-49-51-53-55-57-59-61-63-65-67-69-71-73-75-77-84(87)93-82(81-92-94(88,89)91-79-78-85(3,4)5)80-90-83(86)76-74-72-70-68-66-64-62-60-58-56-54-52-50-48-35-33-31-29-27-25-23-21-19-17-15-13-11-9-7-2/h8-11,14-17,20-23,26-29,32,34,37-38,40-41,43-44,82H,6-7,12-13,18-19,24-25,30-31,33,35-36,39,42,45-81H2,1-5H3/b10-8-,11-9-,16-14-,17-15-,22-20-,23-21-,28-26-,29-27-,34-32-,38-37-,41-40-,44-43-. The SMILES string of the molecule is CC/C=C\C/C=C\C/C=C\C/C=C\C/C=C\C/C=C\C/C=C\C/C=C\CCCCCCCCCCCCCCCCCCC(=O)OC(COC(=O)CCCCCCCCCCCCCCCCCC/C=C\C/C=C\C/C=C\C/C=C\CC)COP(=O)([O-])OCC[N+](C)(C)C. The van der Waals surface area contributed by atoms with Gasteiger partial charge in [0.2, 0.25) is 0 Å². The van der Waals surface area contributed by atoms with E-state index in [2.05, 4.69) is 160 Å². The highest BCUT2D eigenvalue weighted by Crippen LogP contribution is 2.38. The van der Waals surface area contributed by atoms with E-state index in [-0.39, 0.29) is 32.0 Å². The molecule has 0 fully saturated rings. The van der Waals surface area contributed by atoms with Crippen LogP contribution in [0.15, 0.2) is 146 Å². The molecular weight excluding hydrogens is 1180 g/mol. The largest absolute Gasteiger partial charge is 0.756 e. The van der Waals surface area contributed by atoms with Crippen LogP contribution in [-0.4, -0.2) is 70.0 Å². The fourth-order valence-electron chi connectivity index (χ4n) is 10.5. The number of hydrogen-bond donors (Lipinski definition) is 0. The Balaban J connectivity index is 3.99. The van der Waals surface area contributed by atoms with Crippen molar-refractivity contribution in [2.24, 2.45) is 0 Å². The highest BCUT2D eigenvalue weighted by atomic mass is 31.2. The zero-order chi connectivity index (χ0) is 68.3. The van der Waals surface area contributed by atoms with E-state index in [1.54, 1.807) is 0 Å². The van der Waals surface area contributed by atoms with Gasteiger partial charge in [0.15, 0.2) is 6.10 Å². The van der Waals surface area contributed by atoms with Crippen molar-refractivity contribution < 1.29 is 42.1 Å². The fraction of sp³-hybridized carbons (Fsp3) is 0.690. The summed E-state index contributed by atoms with van der Waals surface area (Å²) in [7, 11) is 1.17. The van der Waals surface area contributed by atoms with E-state index in [9.17, 15) is 19.0 Å². The van der Waals surface area contributed by atoms with Gasteiger partial charge in [0.25, 0.3) is 7.82 Å². The molecule has 0 aromatic heterocycles. The van der Waals surface area contributed by atoms with Crippen molar-refractivity contribution in [3.8, 4) is 0 Å².